The topological polar surface area (TPSA) is 78.5 Å². The van der Waals surface area contributed by atoms with Crippen molar-refractivity contribution in [1.82, 2.24) is 0 Å². The molecule has 148 valence electrons. The predicted octanol–water partition coefficient (Wildman–Crippen LogP) is 5.36. The van der Waals surface area contributed by atoms with E-state index in [9.17, 15) is 13.2 Å². The molecule has 28 heavy (non-hydrogen) atoms. The number of carbonyl (C=O) groups excluding carboxylic acids is 1. The number of hydrogen-bond acceptors (Lipinski definition) is 4. The maximum Gasteiger partial charge on any atom is 0.323 e. The summed E-state index contributed by atoms with van der Waals surface area (Å²) < 4.78 is 27.3. The molecule has 0 aromatic heterocycles. The van der Waals surface area contributed by atoms with Crippen LogP contribution in [0.5, 0.6) is 0 Å². The molecular formula is C18H17BrClN3O3S2. The number of hydrogen-bond donors (Lipinski definition) is 2. The molecule has 0 radical (unpaired) electrons. The van der Waals surface area contributed by atoms with Crippen molar-refractivity contribution in [3.8, 4) is 0 Å². The van der Waals surface area contributed by atoms with Gasteiger partial charge in [0.25, 0.3) is 0 Å². The Balaban J connectivity index is 1.64. The summed E-state index contributed by atoms with van der Waals surface area (Å²) in [5, 5.41) is 5.43. The van der Waals surface area contributed by atoms with Crippen LogP contribution in [-0.2, 0) is 10.0 Å². The van der Waals surface area contributed by atoms with E-state index in [-0.39, 0.29) is 6.03 Å². The first-order valence-corrected chi connectivity index (χ1v) is 11.7. The lowest BCUT2D eigenvalue weighted by molar-refractivity contribution is 0.262. The number of anilines is 3. The molecule has 1 aliphatic heterocycles. The third kappa shape index (κ3) is 4.83. The Bertz CT molecular complexity index is 984. The Morgan fingerprint density at radius 3 is 2.21 bits per heavy atom. The Labute approximate surface area is 181 Å². The second kappa shape index (κ2) is 8.77. The fraction of sp³-hybridized carbons (Fsp3) is 0.167. The molecule has 0 bridgehead atoms. The Kier molecular flexibility index (Phi) is 6.59. The Morgan fingerprint density at radius 1 is 1.11 bits per heavy atom. The van der Waals surface area contributed by atoms with E-state index in [1.165, 1.54) is 11.4 Å². The normalized spacial score (nSPS) is 16.8. The summed E-state index contributed by atoms with van der Waals surface area (Å²) in [4.78, 5) is 12.0. The first-order chi connectivity index (χ1) is 13.3. The van der Waals surface area contributed by atoms with Crippen molar-refractivity contribution in [3.05, 3.63) is 63.4 Å². The van der Waals surface area contributed by atoms with Crippen molar-refractivity contribution in [2.24, 2.45) is 0 Å². The van der Waals surface area contributed by atoms with E-state index >= 15 is 0 Å². The van der Waals surface area contributed by atoms with Gasteiger partial charge in [-0.1, -0.05) is 57.5 Å². The van der Waals surface area contributed by atoms with E-state index in [2.05, 4.69) is 26.6 Å². The van der Waals surface area contributed by atoms with Gasteiger partial charge < -0.3 is 10.6 Å². The van der Waals surface area contributed by atoms with Crippen LogP contribution in [0.25, 0.3) is 0 Å². The molecule has 6 nitrogen and oxygen atoms in total. The molecule has 2 aromatic carbocycles. The average molecular weight is 503 g/mol. The zero-order valence-electron chi connectivity index (χ0n) is 14.7. The number of urea groups is 1. The van der Waals surface area contributed by atoms with Crippen LogP contribution in [-0.4, -0.2) is 26.1 Å². The molecule has 1 heterocycles. The van der Waals surface area contributed by atoms with Crippen molar-refractivity contribution < 1.29 is 13.2 Å². The molecule has 10 heteroatoms. The van der Waals surface area contributed by atoms with Crippen LogP contribution in [0.1, 0.15) is 6.42 Å². The Morgan fingerprint density at radius 2 is 1.68 bits per heavy atom. The summed E-state index contributed by atoms with van der Waals surface area (Å²) >= 11 is 10.4. The molecular weight excluding hydrogens is 486 g/mol. The molecule has 2 aromatic rings. The number of rotatable bonds is 5. The minimum atomic E-state index is -3.59. The van der Waals surface area contributed by atoms with Crippen LogP contribution >= 0.6 is 39.3 Å². The zero-order chi connectivity index (χ0) is 20.3. The van der Waals surface area contributed by atoms with Crippen LogP contribution in [0.15, 0.2) is 63.4 Å². The van der Waals surface area contributed by atoms with Gasteiger partial charge in [0.1, 0.15) is 4.58 Å². The van der Waals surface area contributed by atoms with E-state index in [1.807, 2.05) is 18.2 Å². The van der Waals surface area contributed by atoms with Crippen LogP contribution < -0.4 is 14.9 Å². The van der Waals surface area contributed by atoms with E-state index < -0.39 is 14.6 Å². The molecule has 1 unspecified atom stereocenters. The number of sulfonamides is 1. The summed E-state index contributed by atoms with van der Waals surface area (Å²) in [7, 11) is -2.09. The van der Waals surface area contributed by atoms with Crippen molar-refractivity contribution in [1.29, 1.82) is 0 Å². The number of halogens is 2. The minimum Gasteiger partial charge on any atom is -0.308 e. The fourth-order valence-corrected chi connectivity index (χ4v) is 7.10. The lowest BCUT2D eigenvalue weighted by Gasteiger charge is -2.23. The Hall–Kier alpha value is -1.68. The van der Waals surface area contributed by atoms with Gasteiger partial charge in [-0.3, -0.25) is 4.31 Å². The first kappa shape index (κ1) is 21.0. The lowest BCUT2D eigenvalue weighted by Crippen LogP contribution is -2.33. The van der Waals surface area contributed by atoms with E-state index in [0.29, 0.717) is 32.3 Å². The van der Waals surface area contributed by atoms with Gasteiger partial charge in [-0.2, -0.15) is 0 Å². The SMILES string of the molecule is CN(c1ccc(NC(=O)Nc2ccccc2)cc1)S(=O)(=O)C1CC(Br)=C(Cl)S1. The number of allylic oxidation sites excluding steroid dienone is 1. The van der Waals surface area contributed by atoms with Crippen LogP contribution in [0.4, 0.5) is 21.9 Å². The van der Waals surface area contributed by atoms with E-state index in [4.69, 9.17) is 11.6 Å². The smallest absolute Gasteiger partial charge is 0.308 e. The third-order valence-corrected chi connectivity index (χ3v) is 9.44. The molecule has 1 atom stereocenters. The second-order valence-corrected chi connectivity index (χ2v) is 11.2. The van der Waals surface area contributed by atoms with Gasteiger partial charge in [-0.25, -0.2) is 13.2 Å². The molecule has 0 saturated heterocycles. The van der Waals surface area contributed by atoms with Gasteiger partial charge in [0.2, 0.25) is 10.0 Å². The minimum absolute atomic E-state index is 0.329. The summed E-state index contributed by atoms with van der Waals surface area (Å²) in [5.74, 6) is 0. The summed E-state index contributed by atoms with van der Waals surface area (Å²) in [6, 6.07) is 15.3. The van der Waals surface area contributed by atoms with Crippen molar-refractivity contribution in [3.63, 3.8) is 0 Å². The molecule has 2 amide bonds. The second-order valence-electron chi connectivity index (χ2n) is 5.93. The molecule has 3 rings (SSSR count). The van der Waals surface area contributed by atoms with E-state index in [1.54, 1.807) is 36.4 Å². The van der Waals surface area contributed by atoms with Gasteiger partial charge >= 0.3 is 6.03 Å². The maximum atomic E-state index is 12.8. The van der Waals surface area contributed by atoms with E-state index in [0.717, 1.165) is 11.8 Å². The lowest BCUT2D eigenvalue weighted by atomic mass is 10.3. The quantitative estimate of drug-likeness (QED) is 0.577. The highest BCUT2D eigenvalue weighted by Crippen LogP contribution is 2.46. The molecule has 0 spiro atoms. The van der Waals surface area contributed by atoms with Crippen molar-refractivity contribution in [2.75, 3.05) is 22.0 Å². The zero-order valence-corrected chi connectivity index (χ0v) is 18.7. The number of nitrogens with one attached hydrogen (secondary N) is 2. The number of carbonyl (C=O) groups is 1. The predicted molar refractivity (Wildman–Crippen MR) is 121 cm³/mol. The van der Waals surface area contributed by atoms with Crippen LogP contribution in [0, 0.1) is 0 Å². The van der Waals surface area contributed by atoms with Crippen LogP contribution in [0.3, 0.4) is 0 Å². The van der Waals surface area contributed by atoms with Gasteiger partial charge in [0.05, 0.1) is 10.1 Å². The number of amides is 2. The van der Waals surface area contributed by atoms with Gasteiger partial charge in [0.15, 0.2) is 0 Å². The number of nitrogens with zero attached hydrogens (tertiary/aromatic N) is 1. The fourth-order valence-electron chi connectivity index (χ4n) is 2.51. The monoisotopic (exact) mass is 501 g/mol. The number of benzene rings is 2. The number of thioether (sulfide) groups is 1. The van der Waals surface area contributed by atoms with Gasteiger partial charge in [-0.05, 0) is 36.4 Å². The standard InChI is InChI=1S/C18H17BrClN3O3S2/c1-23(28(25,26)16-11-15(19)17(20)27-16)14-9-7-13(8-10-14)22-18(24)21-12-5-3-2-4-6-12/h2-10,16H,11H2,1H3,(H2,21,22,24). The number of para-hydroxylation sites is 1. The highest BCUT2D eigenvalue weighted by molar-refractivity contribution is 9.11. The van der Waals surface area contributed by atoms with Crippen LogP contribution in [0.2, 0.25) is 0 Å². The van der Waals surface area contributed by atoms with Gasteiger partial charge in [-0.15, -0.1) is 0 Å². The van der Waals surface area contributed by atoms with Gasteiger partial charge in [0, 0.05) is 29.3 Å². The molecule has 0 saturated carbocycles. The summed E-state index contributed by atoms with van der Waals surface area (Å²) in [6.45, 7) is 0. The third-order valence-electron chi connectivity index (χ3n) is 4.03. The molecule has 1 aliphatic rings. The summed E-state index contributed by atoms with van der Waals surface area (Å²) in [5.41, 5.74) is 1.72. The molecule has 0 fully saturated rings. The van der Waals surface area contributed by atoms with Crippen molar-refractivity contribution >= 4 is 72.4 Å². The highest BCUT2D eigenvalue weighted by Gasteiger charge is 2.36. The summed E-state index contributed by atoms with van der Waals surface area (Å²) in [6.07, 6.45) is 0.329. The largest absolute Gasteiger partial charge is 0.323 e. The maximum absolute atomic E-state index is 12.8. The molecule has 2 N–H and O–H groups in total. The highest BCUT2D eigenvalue weighted by atomic mass is 79.9. The first-order valence-electron chi connectivity index (χ1n) is 8.19. The average Bonchev–Trinajstić information content (AvgIpc) is 3.02. The van der Waals surface area contributed by atoms with Crippen molar-refractivity contribution in [2.45, 2.75) is 11.0 Å². The molecule has 0 aliphatic carbocycles.